The van der Waals surface area contributed by atoms with Gasteiger partial charge in [-0.05, 0) is 43.8 Å². The third-order valence-electron chi connectivity index (χ3n) is 6.74. The van der Waals surface area contributed by atoms with E-state index < -0.39 is 10.0 Å². The molecular weight excluding hydrogens is 532 g/mol. The first kappa shape index (κ1) is 27.7. The Morgan fingerprint density at radius 2 is 1.80 bits per heavy atom. The lowest BCUT2D eigenvalue weighted by atomic mass is 10.1. The molecule has 1 aliphatic heterocycles. The Morgan fingerprint density at radius 1 is 0.975 bits per heavy atom. The van der Waals surface area contributed by atoms with Gasteiger partial charge >= 0.3 is 0 Å². The molecule has 5 rings (SSSR count). The summed E-state index contributed by atoms with van der Waals surface area (Å²) in [6.07, 6.45) is 4.15. The average Bonchev–Trinajstić information content (AvgIpc) is 3.39. The fraction of sp³-hybridized carbons (Fsp3) is 0.357. The van der Waals surface area contributed by atoms with Crippen LogP contribution in [0.1, 0.15) is 6.42 Å². The van der Waals surface area contributed by atoms with E-state index >= 15 is 0 Å². The molecule has 0 aliphatic carbocycles. The van der Waals surface area contributed by atoms with Gasteiger partial charge in [0.1, 0.15) is 11.5 Å². The molecule has 0 amide bonds. The van der Waals surface area contributed by atoms with Crippen LogP contribution in [-0.4, -0.2) is 86.5 Å². The molecule has 0 saturated carbocycles. The van der Waals surface area contributed by atoms with Crippen molar-refractivity contribution in [3.8, 4) is 23.0 Å². The van der Waals surface area contributed by atoms with Gasteiger partial charge in [0.25, 0.3) is 10.0 Å². The zero-order valence-electron chi connectivity index (χ0n) is 22.9. The normalized spacial score (nSPS) is 14.8. The zero-order chi connectivity index (χ0) is 28.1. The maximum absolute atomic E-state index is 12.7. The number of hydrogen-bond acceptors (Lipinski definition) is 9. The number of rotatable bonds is 11. The van der Waals surface area contributed by atoms with Gasteiger partial charge in [-0.3, -0.25) is 14.4 Å². The minimum atomic E-state index is -3.83. The molecular formula is C28H34N6O5S. The lowest BCUT2D eigenvalue weighted by Crippen LogP contribution is -2.44. The fourth-order valence-corrected chi connectivity index (χ4v) is 5.54. The molecule has 0 radical (unpaired) electrons. The van der Waals surface area contributed by atoms with Gasteiger partial charge in [0.15, 0.2) is 16.5 Å². The van der Waals surface area contributed by atoms with E-state index in [0.29, 0.717) is 40.8 Å². The summed E-state index contributed by atoms with van der Waals surface area (Å²) < 4.78 is 47.2. The van der Waals surface area contributed by atoms with Gasteiger partial charge < -0.3 is 24.0 Å². The van der Waals surface area contributed by atoms with Crippen LogP contribution in [-0.2, 0) is 17.1 Å². The first-order valence-electron chi connectivity index (χ1n) is 13.1. The average molecular weight is 567 g/mol. The molecule has 0 spiro atoms. The van der Waals surface area contributed by atoms with Crippen LogP contribution in [0.25, 0.3) is 10.9 Å². The van der Waals surface area contributed by atoms with E-state index in [1.54, 1.807) is 56.9 Å². The number of methoxy groups -OCH3 is 1. The highest BCUT2D eigenvalue weighted by molar-refractivity contribution is 7.92. The largest absolute Gasteiger partial charge is 0.493 e. The second-order valence-electron chi connectivity index (χ2n) is 9.74. The number of ether oxygens (including phenoxy) is 3. The van der Waals surface area contributed by atoms with Crippen molar-refractivity contribution in [3.05, 3.63) is 60.9 Å². The lowest BCUT2D eigenvalue weighted by molar-refractivity contribution is 0.145. The summed E-state index contributed by atoms with van der Waals surface area (Å²) in [5.41, 5.74) is 1.05. The predicted molar refractivity (Wildman–Crippen MR) is 153 cm³/mol. The van der Waals surface area contributed by atoms with Crippen molar-refractivity contribution in [1.82, 2.24) is 24.6 Å². The Kier molecular flexibility index (Phi) is 8.38. The van der Waals surface area contributed by atoms with E-state index in [9.17, 15) is 8.42 Å². The summed E-state index contributed by atoms with van der Waals surface area (Å²) in [4.78, 5) is 9.31. The third kappa shape index (κ3) is 6.64. The Bertz CT molecular complexity index is 1570. The predicted octanol–water partition coefficient (Wildman–Crippen LogP) is 3.59. The monoisotopic (exact) mass is 566 g/mol. The Labute approximate surface area is 234 Å². The standard InChI is InChI=1S/C28H34N6O5S/c1-32-13-15-34(16-14-32)11-5-17-38-27-20-24-23(19-26(27)37-3)25(8-10-29-24)39-22-7-4-6-21(18-22)31-40(35,36)28-9-12-33(2)30-28/h4,6-10,12,18-20,31H,5,11,13-17H2,1-3H3. The van der Waals surface area contributed by atoms with E-state index in [0.717, 1.165) is 44.5 Å². The first-order valence-corrected chi connectivity index (χ1v) is 14.6. The maximum atomic E-state index is 12.7. The van der Waals surface area contributed by atoms with Crippen LogP contribution >= 0.6 is 0 Å². The van der Waals surface area contributed by atoms with E-state index in [1.165, 1.54) is 10.7 Å². The highest BCUT2D eigenvalue weighted by Gasteiger charge is 2.18. The second kappa shape index (κ2) is 12.1. The SMILES string of the molecule is COc1cc2c(Oc3cccc(NS(=O)(=O)c4ccn(C)n4)c3)ccnc2cc1OCCCN1CCN(C)CC1. The number of aryl methyl sites for hydroxylation is 1. The van der Waals surface area contributed by atoms with E-state index in [4.69, 9.17) is 14.2 Å². The molecule has 40 heavy (non-hydrogen) atoms. The summed E-state index contributed by atoms with van der Waals surface area (Å²) in [6, 6.07) is 13.6. The number of nitrogens with one attached hydrogen (secondary N) is 1. The fourth-order valence-electron chi connectivity index (χ4n) is 4.53. The van der Waals surface area contributed by atoms with Crippen molar-refractivity contribution in [2.75, 3.05) is 58.2 Å². The van der Waals surface area contributed by atoms with Crippen molar-refractivity contribution in [2.24, 2.45) is 7.05 Å². The van der Waals surface area contributed by atoms with E-state index in [-0.39, 0.29) is 5.03 Å². The minimum absolute atomic E-state index is 0.0640. The first-order chi connectivity index (χ1) is 19.3. The molecule has 0 atom stereocenters. The van der Waals surface area contributed by atoms with Crippen molar-refractivity contribution < 1.29 is 22.6 Å². The van der Waals surface area contributed by atoms with Crippen LogP contribution < -0.4 is 18.9 Å². The second-order valence-corrected chi connectivity index (χ2v) is 11.4. The Morgan fingerprint density at radius 3 is 2.55 bits per heavy atom. The Hall–Kier alpha value is -3.87. The van der Waals surface area contributed by atoms with Gasteiger partial charge in [-0.25, -0.2) is 0 Å². The van der Waals surface area contributed by atoms with Gasteiger partial charge in [-0.2, -0.15) is 13.5 Å². The number of nitrogens with zero attached hydrogens (tertiary/aromatic N) is 5. The van der Waals surface area contributed by atoms with Crippen LogP contribution in [0, 0.1) is 0 Å². The van der Waals surface area contributed by atoms with Crippen molar-refractivity contribution in [1.29, 1.82) is 0 Å². The Balaban J connectivity index is 1.28. The maximum Gasteiger partial charge on any atom is 0.281 e. The summed E-state index contributed by atoms with van der Waals surface area (Å²) in [5.74, 6) is 2.22. The number of hydrogen-bond donors (Lipinski definition) is 1. The van der Waals surface area contributed by atoms with Gasteiger partial charge in [-0.1, -0.05) is 6.07 Å². The third-order valence-corrected chi connectivity index (χ3v) is 8.01. The molecule has 3 heterocycles. The lowest BCUT2D eigenvalue weighted by Gasteiger charge is -2.32. The number of anilines is 1. The van der Waals surface area contributed by atoms with Crippen molar-refractivity contribution in [3.63, 3.8) is 0 Å². The quantitative estimate of drug-likeness (QED) is 0.272. The molecule has 0 unspecified atom stereocenters. The van der Waals surface area contributed by atoms with Crippen LogP contribution in [0.4, 0.5) is 5.69 Å². The number of aromatic nitrogens is 3. The topological polar surface area (TPSA) is 111 Å². The highest BCUT2D eigenvalue weighted by atomic mass is 32.2. The molecule has 2 aromatic carbocycles. The van der Waals surface area contributed by atoms with E-state index in [2.05, 4.69) is 31.7 Å². The molecule has 212 valence electrons. The molecule has 1 saturated heterocycles. The molecule has 1 N–H and O–H groups in total. The van der Waals surface area contributed by atoms with Crippen LogP contribution in [0.15, 0.2) is 66.0 Å². The molecule has 0 bridgehead atoms. The minimum Gasteiger partial charge on any atom is -0.493 e. The van der Waals surface area contributed by atoms with Crippen molar-refractivity contribution in [2.45, 2.75) is 11.4 Å². The van der Waals surface area contributed by atoms with Crippen LogP contribution in [0.3, 0.4) is 0 Å². The summed E-state index contributed by atoms with van der Waals surface area (Å²) in [6.45, 7) is 5.94. The molecule has 12 heteroatoms. The zero-order valence-corrected chi connectivity index (χ0v) is 23.7. The number of fused-ring (bicyclic) bond motifs is 1. The van der Waals surface area contributed by atoms with Crippen molar-refractivity contribution >= 4 is 26.6 Å². The summed E-state index contributed by atoms with van der Waals surface area (Å²) in [7, 11) is 1.59. The number of pyridine rings is 1. The molecule has 1 fully saturated rings. The molecule has 4 aromatic rings. The van der Waals surface area contributed by atoms with E-state index in [1.807, 2.05) is 12.1 Å². The van der Waals surface area contributed by atoms with Gasteiger partial charge in [0.2, 0.25) is 0 Å². The van der Waals surface area contributed by atoms with Crippen LogP contribution in [0.5, 0.6) is 23.0 Å². The molecule has 2 aromatic heterocycles. The number of piperazine rings is 1. The number of likely N-dealkylation sites (N-methyl/N-ethyl adjacent to an activating group) is 1. The summed E-state index contributed by atoms with van der Waals surface area (Å²) in [5, 5.41) is 4.65. The summed E-state index contributed by atoms with van der Waals surface area (Å²) >= 11 is 0. The molecule has 11 nitrogen and oxygen atoms in total. The number of benzene rings is 2. The van der Waals surface area contributed by atoms with Gasteiger partial charge in [0, 0.05) is 69.7 Å². The van der Waals surface area contributed by atoms with Crippen LogP contribution in [0.2, 0.25) is 0 Å². The smallest absolute Gasteiger partial charge is 0.281 e. The van der Waals surface area contributed by atoms with Gasteiger partial charge in [0.05, 0.1) is 24.9 Å². The number of sulfonamides is 1. The van der Waals surface area contributed by atoms with Gasteiger partial charge in [-0.15, -0.1) is 0 Å². The highest BCUT2D eigenvalue weighted by Crippen LogP contribution is 2.37. The molecule has 1 aliphatic rings.